The van der Waals surface area contributed by atoms with E-state index in [1.54, 1.807) is 18.6 Å². The zero-order chi connectivity index (χ0) is 13.9. The minimum absolute atomic E-state index is 0.192. The van der Waals surface area contributed by atoms with E-state index in [0.29, 0.717) is 19.3 Å². The van der Waals surface area contributed by atoms with Gasteiger partial charge in [0.25, 0.3) is 0 Å². The second-order valence-electron chi connectivity index (χ2n) is 5.28. The molecule has 1 aliphatic heterocycles. The van der Waals surface area contributed by atoms with Gasteiger partial charge in [0.05, 0.1) is 17.2 Å². The molecule has 2 heterocycles. The molecule has 1 atom stereocenters. The maximum absolute atomic E-state index is 11.4. The lowest BCUT2D eigenvalue weighted by atomic mass is 9.76. The highest BCUT2D eigenvalue weighted by molar-refractivity contribution is 5.74. The fourth-order valence-electron chi connectivity index (χ4n) is 2.77. The molecule has 0 aliphatic carbocycles. The van der Waals surface area contributed by atoms with Crippen LogP contribution >= 0.6 is 0 Å². The predicted molar refractivity (Wildman–Crippen MR) is 71.6 cm³/mol. The highest BCUT2D eigenvalue weighted by Gasteiger charge is 2.40. The van der Waals surface area contributed by atoms with Gasteiger partial charge in [-0.25, -0.2) is 0 Å². The number of piperidine rings is 1. The van der Waals surface area contributed by atoms with Crippen LogP contribution < -0.4 is 0 Å². The standard InChI is InChI=1S/C14H21N3O2/c1-3-14(13(18)19)4-8-17(9-5-14)11(2)12-10-15-6-7-16-12/h6-7,10-11H,3-5,8-9H2,1-2H3,(H,18,19). The average Bonchev–Trinajstić information content (AvgIpc) is 2.47. The highest BCUT2D eigenvalue weighted by atomic mass is 16.4. The molecule has 1 aromatic heterocycles. The van der Waals surface area contributed by atoms with Gasteiger partial charge in [-0.3, -0.25) is 19.7 Å². The number of hydrogen-bond donors (Lipinski definition) is 1. The summed E-state index contributed by atoms with van der Waals surface area (Å²) in [5.74, 6) is -0.651. The van der Waals surface area contributed by atoms with E-state index in [2.05, 4.69) is 21.8 Å². The minimum atomic E-state index is -0.651. The molecule has 5 heteroatoms. The van der Waals surface area contributed by atoms with E-state index in [-0.39, 0.29) is 6.04 Å². The fourth-order valence-corrected chi connectivity index (χ4v) is 2.77. The minimum Gasteiger partial charge on any atom is -0.481 e. The van der Waals surface area contributed by atoms with Crippen LogP contribution in [0.2, 0.25) is 0 Å². The lowest BCUT2D eigenvalue weighted by Gasteiger charge is -2.40. The van der Waals surface area contributed by atoms with Crippen molar-refractivity contribution in [2.75, 3.05) is 13.1 Å². The molecule has 19 heavy (non-hydrogen) atoms. The number of carboxylic acid groups (broad SMARTS) is 1. The number of carbonyl (C=O) groups is 1. The monoisotopic (exact) mass is 263 g/mol. The second kappa shape index (κ2) is 5.65. The molecule has 2 rings (SSSR count). The molecule has 5 nitrogen and oxygen atoms in total. The van der Waals surface area contributed by atoms with Crippen molar-refractivity contribution in [2.24, 2.45) is 5.41 Å². The summed E-state index contributed by atoms with van der Waals surface area (Å²) in [7, 11) is 0. The average molecular weight is 263 g/mol. The van der Waals surface area contributed by atoms with E-state index in [4.69, 9.17) is 0 Å². The summed E-state index contributed by atoms with van der Waals surface area (Å²) in [5.41, 5.74) is 0.417. The van der Waals surface area contributed by atoms with Gasteiger partial charge in [-0.05, 0) is 39.3 Å². The van der Waals surface area contributed by atoms with Crippen molar-refractivity contribution in [1.82, 2.24) is 14.9 Å². The SMILES string of the molecule is CCC1(C(=O)O)CCN(C(C)c2cnccn2)CC1. The predicted octanol–water partition coefficient (Wildman–Crippen LogP) is 2.11. The van der Waals surface area contributed by atoms with Crippen molar-refractivity contribution in [3.63, 3.8) is 0 Å². The van der Waals surface area contributed by atoms with Gasteiger partial charge in [-0.2, -0.15) is 0 Å². The van der Waals surface area contributed by atoms with Crippen LogP contribution in [0.3, 0.4) is 0 Å². The largest absolute Gasteiger partial charge is 0.481 e. The summed E-state index contributed by atoms with van der Waals surface area (Å²) in [5, 5.41) is 9.39. The van der Waals surface area contributed by atoms with E-state index in [1.807, 2.05) is 6.92 Å². The van der Waals surface area contributed by atoms with Crippen LogP contribution in [0.15, 0.2) is 18.6 Å². The molecule has 1 aliphatic rings. The zero-order valence-electron chi connectivity index (χ0n) is 11.5. The normalized spacial score (nSPS) is 20.9. The maximum atomic E-state index is 11.4. The Kier molecular flexibility index (Phi) is 4.14. The molecule has 0 aromatic carbocycles. The Bertz CT molecular complexity index is 428. The van der Waals surface area contributed by atoms with Gasteiger partial charge < -0.3 is 5.11 Å². The Balaban J connectivity index is 2.02. The van der Waals surface area contributed by atoms with Crippen LogP contribution in [0.4, 0.5) is 0 Å². The van der Waals surface area contributed by atoms with Crippen molar-refractivity contribution in [1.29, 1.82) is 0 Å². The van der Waals surface area contributed by atoms with Crippen molar-refractivity contribution >= 4 is 5.97 Å². The first kappa shape index (κ1) is 13.9. The number of likely N-dealkylation sites (tertiary alicyclic amines) is 1. The Labute approximate surface area is 113 Å². The number of carboxylic acids is 1. The third-order valence-corrected chi connectivity index (χ3v) is 4.44. The van der Waals surface area contributed by atoms with Crippen LogP contribution in [0.1, 0.15) is 44.8 Å². The smallest absolute Gasteiger partial charge is 0.309 e. The first-order chi connectivity index (χ1) is 9.09. The Hall–Kier alpha value is -1.49. The van der Waals surface area contributed by atoms with Crippen molar-refractivity contribution in [2.45, 2.75) is 39.2 Å². The Morgan fingerprint density at radius 1 is 1.47 bits per heavy atom. The lowest BCUT2D eigenvalue weighted by Crippen LogP contribution is -2.44. The third kappa shape index (κ3) is 2.76. The second-order valence-corrected chi connectivity index (χ2v) is 5.28. The molecule has 1 unspecified atom stereocenters. The van der Waals surface area contributed by atoms with Crippen LogP contribution in [0, 0.1) is 5.41 Å². The third-order valence-electron chi connectivity index (χ3n) is 4.44. The van der Waals surface area contributed by atoms with Crippen LogP contribution in [-0.4, -0.2) is 39.0 Å². The Morgan fingerprint density at radius 3 is 2.63 bits per heavy atom. The lowest BCUT2D eigenvalue weighted by molar-refractivity contribution is -0.152. The first-order valence-electron chi connectivity index (χ1n) is 6.82. The van der Waals surface area contributed by atoms with Crippen LogP contribution in [0.5, 0.6) is 0 Å². The van der Waals surface area contributed by atoms with Crippen LogP contribution in [0.25, 0.3) is 0 Å². The van der Waals surface area contributed by atoms with E-state index >= 15 is 0 Å². The van der Waals surface area contributed by atoms with Gasteiger partial charge >= 0.3 is 5.97 Å². The summed E-state index contributed by atoms with van der Waals surface area (Å²) in [4.78, 5) is 22.1. The summed E-state index contributed by atoms with van der Waals surface area (Å²) < 4.78 is 0. The van der Waals surface area contributed by atoms with E-state index in [0.717, 1.165) is 18.8 Å². The molecular weight excluding hydrogens is 242 g/mol. The summed E-state index contributed by atoms with van der Waals surface area (Å²) >= 11 is 0. The van der Waals surface area contributed by atoms with E-state index in [9.17, 15) is 9.90 Å². The van der Waals surface area contributed by atoms with Crippen molar-refractivity contribution < 1.29 is 9.90 Å². The maximum Gasteiger partial charge on any atom is 0.309 e. The summed E-state index contributed by atoms with van der Waals surface area (Å²) in [6, 6.07) is 0.192. The van der Waals surface area contributed by atoms with Gasteiger partial charge in [0, 0.05) is 18.6 Å². The Morgan fingerprint density at radius 2 is 2.16 bits per heavy atom. The van der Waals surface area contributed by atoms with E-state index < -0.39 is 11.4 Å². The number of rotatable bonds is 4. The number of aromatic nitrogens is 2. The first-order valence-corrected chi connectivity index (χ1v) is 6.82. The molecule has 1 fully saturated rings. The number of hydrogen-bond acceptors (Lipinski definition) is 4. The van der Waals surface area contributed by atoms with Crippen LogP contribution in [-0.2, 0) is 4.79 Å². The number of nitrogens with zero attached hydrogens (tertiary/aromatic N) is 3. The molecule has 1 aromatic rings. The molecule has 1 N–H and O–H groups in total. The topological polar surface area (TPSA) is 66.3 Å². The molecular formula is C14H21N3O2. The van der Waals surface area contributed by atoms with Gasteiger partial charge in [0.2, 0.25) is 0 Å². The van der Waals surface area contributed by atoms with Gasteiger partial charge in [-0.15, -0.1) is 0 Å². The molecule has 1 saturated heterocycles. The van der Waals surface area contributed by atoms with Gasteiger partial charge in [-0.1, -0.05) is 6.92 Å². The molecule has 0 amide bonds. The van der Waals surface area contributed by atoms with Crippen molar-refractivity contribution in [3.8, 4) is 0 Å². The molecule has 104 valence electrons. The molecule has 0 bridgehead atoms. The molecule has 0 saturated carbocycles. The number of aliphatic carboxylic acids is 1. The quantitative estimate of drug-likeness (QED) is 0.901. The summed E-state index contributed by atoms with van der Waals surface area (Å²) in [6.07, 6.45) is 7.27. The molecule has 0 spiro atoms. The summed E-state index contributed by atoms with van der Waals surface area (Å²) in [6.45, 7) is 5.68. The highest BCUT2D eigenvalue weighted by Crippen LogP contribution is 2.37. The molecule has 0 radical (unpaired) electrons. The van der Waals surface area contributed by atoms with Gasteiger partial charge in [0.1, 0.15) is 0 Å². The van der Waals surface area contributed by atoms with Gasteiger partial charge in [0.15, 0.2) is 0 Å². The fraction of sp³-hybridized carbons (Fsp3) is 0.643. The van der Waals surface area contributed by atoms with E-state index in [1.165, 1.54) is 0 Å². The zero-order valence-corrected chi connectivity index (χ0v) is 11.5. The van der Waals surface area contributed by atoms with Crippen molar-refractivity contribution in [3.05, 3.63) is 24.3 Å².